The van der Waals surface area contributed by atoms with Crippen LogP contribution in [0.4, 0.5) is 0 Å². The maximum absolute atomic E-state index is 7.66. The van der Waals surface area contributed by atoms with Crippen molar-refractivity contribution in [3.63, 3.8) is 0 Å². The van der Waals surface area contributed by atoms with Gasteiger partial charge in [-0.1, -0.05) is 18.9 Å². The van der Waals surface area contributed by atoms with Crippen molar-refractivity contribution >= 4 is 16.7 Å². The third-order valence-corrected chi connectivity index (χ3v) is 5.18. The van der Waals surface area contributed by atoms with E-state index >= 15 is 0 Å². The molecule has 134 valence electrons. The molecule has 26 heavy (non-hydrogen) atoms. The second-order valence-corrected chi connectivity index (χ2v) is 7.11. The predicted octanol–water partition coefficient (Wildman–Crippen LogP) is 3.19. The Balaban J connectivity index is 1.52. The van der Waals surface area contributed by atoms with Crippen molar-refractivity contribution in [2.24, 2.45) is 11.7 Å². The second kappa shape index (κ2) is 7.25. The first-order chi connectivity index (χ1) is 12.7. The maximum Gasteiger partial charge on any atom is 0.144 e. The summed E-state index contributed by atoms with van der Waals surface area (Å²) in [6.45, 7) is 1.93. The van der Waals surface area contributed by atoms with Crippen LogP contribution < -0.4 is 11.1 Å². The van der Waals surface area contributed by atoms with Crippen molar-refractivity contribution in [2.45, 2.75) is 32.2 Å². The van der Waals surface area contributed by atoms with Crippen LogP contribution in [0.5, 0.6) is 0 Å². The number of aromatic amines is 1. The molecule has 3 aromatic rings. The number of fused-ring (bicyclic) bond motifs is 1. The number of nitrogens with zero attached hydrogens (tertiary/aromatic N) is 2. The zero-order valence-corrected chi connectivity index (χ0v) is 14.8. The molecule has 1 fully saturated rings. The van der Waals surface area contributed by atoms with E-state index in [-0.39, 0.29) is 5.84 Å². The lowest BCUT2D eigenvalue weighted by Crippen LogP contribution is -2.20. The molecule has 5 N–H and O–H groups in total. The van der Waals surface area contributed by atoms with Crippen LogP contribution in [0.3, 0.4) is 0 Å². The molecule has 1 aliphatic carbocycles. The van der Waals surface area contributed by atoms with E-state index in [2.05, 4.69) is 26.6 Å². The second-order valence-electron chi connectivity index (χ2n) is 7.11. The van der Waals surface area contributed by atoms with Crippen molar-refractivity contribution in [3.8, 4) is 11.1 Å². The highest BCUT2D eigenvalue weighted by molar-refractivity contribution is 6.06. The quantitative estimate of drug-likeness (QED) is 0.406. The van der Waals surface area contributed by atoms with Crippen molar-refractivity contribution in [1.82, 2.24) is 20.5 Å². The number of nitrogens with one attached hydrogen (secondary N) is 3. The Morgan fingerprint density at radius 2 is 2.04 bits per heavy atom. The number of nitrogen functional groups attached to an aromatic ring is 1. The molecule has 0 spiro atoms. The summed E-state index contributed by atoms with van der Waals surface area (Å²) < 4.78 is 0. The highest BCUT2D eigenvalue weighted by Gasteiger charge is 2.14. The molecule has 6 nitrogen and oxygen atoms in total. The molecule has 0 unspecified atom stereocenters. The van der Waals surface area contributed by atoms with Gasteiger partial charge in [-0.05, 0) is 54.6 Å². The van der Waals surface area contributed by atoms with Gasteiger partial charge in [-0.3, -0.25) is 15.5 Å². The molecule has 1 saturated carbocycles. The van der Waals surface area contributed by atoms with Crippen molar-refractivity contribution in [3.05, 3.63) is 47.9 Å². The SMILES string of the molecule is N=C(N)c1n[nH]c2ccc(-c3cncc(CNCC4CCCC4)c3)cc12. The van der Waals surface area contributed by atoms with Gasteiger partial charge in [-0.15, -0.1) is 0 Å². The smallest absolute Gasteiger partial charge is 0.144 e. The number of aromatic nitrogens is 3. The molecule has 0 bridgehead atoms. The molecule has 0 amide bonds. The van der Waals surface area contributed by atoms with Crippen LogP contribution in [0.2, 0.25) is 0 Å². The minimum Gasteiger partial charge on any atom is -0.382 e. The summed E-state index contributed by atoms with van der Waals surface area (Å²) in [5.41, 5.74) is 10.3. The van der Waals surface area contributed by atoms with Gasteiger partial charge in [0.15, 0.2) is 0 Å². The van der Waals surface area contributed by atoms with Gasteiger partial charge in [-0.25, -0.2) is 0 Å². The molecule has 6 heteroatoms. The molecule has 0 atom stereocenters. The van der Waals surface area contributed by atoms with Crippen molar-refractivity contribution < 1.29 is 0 Å². The molecular formula is C20H24N6. The highest BCUT2D eigenvalue weighted by Crippen LogP contribution is 2.26. The molecule has 1 aliphatic rings. The Kier molecular flexibility index (Phi) is 4.67. The predicted molar refractivity (Wildman–Crippen MR) is 104 cm³/mol. The third kappa shape index (κ3) is 3.46. The fraction of sp³-hybridized carbons (Fsp3) is 0.350. The standard InChI is InChI=1S/C20H24N6/c21-20(22)19-17-8-15(5-6-18(17)25-26-19)16-7-14(11-24-12-16)10-23-9-13-3-1-2-4-13/h5-8,11-13,23H,1-4,9-10H2,(H3,21,22)(H,25,26). The van der Waals surface area contributed by atoms with E-state index in [1.54, 1.807) is 0 Å². The topological polar surface area (TPSA) is 103 Å². The fourth-order valence-electron chi connectivity index (χ4n) is 3.78. The molecule has 0 aliphatic heterocycles. The van der Waals surface area contributed by atoms with Gasteiger partial charge < -0.3 is 11.1 Å². The summed E-state index contributed by atoms with van der Waals surface area (Å²) in [7, 11) is 0. The zero-order chi connectivity index (χ0) is 17.9. The molecular weight excluding hydrogens is 324 g/mol. The Morgan fingerprint density at radius 3 is 2.85 bits per heavy atom. The number of hydrogen-bond donors (Lipinski definition) is 4. The lowest BCUT2D eigenvalue weighted by atomic mass is 10.0. The van der Waals surface area contributed by atoms with Gasteiger partial charge in [0, 0.05) is 29.9 Å². The van der Waals surface area contributed by atoms with Crippen molar-refractivity contribution in [2.75, 3.05) is 6.54 Å². The van der Waals surface area contributed by atoms with Crippen LogP contribution in [-0.4, -0.2) is 27.6 Å². The Morgan fingerprint density at radius 1 is 1.19 bits per heavy atom. The normalized spacial score (nSPS) is 14.9. The Hall–Kier alpha value is -2.73. The average Bonchev–Trinajstić information content (AvgIpc) is 3.31. The molecule has 2 aromatic heterocycles. The zero-order valence-electron chi connectivity index (χ0n) is 14.8. The number of benzene rings is 1. The number of H-pyrrole nitrogens is 1. The maximum atomic E-state index is 7.66. The first-order valence-corrected chi connectivity index (χ1v) is 9.18. The fourth-order valence-corrected chi connectivity index (χ4v) is 3.78. The summed E-state index contributed by atoms with van der Waals surface area (Å²) >= 11 is 0. The lowest BCUT2D eigenvalue weighted by molar-refractivity contribution is 0.489. The van der Waals surface area contributed by atoms with Gasteiger partial charge in [-0.2, -0.15) is 5.10 Å². The van der Waals surface area contributed by atoms with Crippen LogP contribution >= 0.6 is 0 Å². The van der Waals surface area contributed by atoms with Gasteiger partial charge in [0.05, 0.1) is 5.52 Å². The van der Waals surface area contributed by atoms with Crippen LogP contribution in [0, 0.1) is 11.3 Å². The third-order valence-electron chi connectivity index (χ3n) is 5.18. The van der Waals surface area contributed by atoms with E-state index in [9.17, 15) is 0 Å². The summed E-state index contributed by atoms with van der Waals surface area (Å²) in [5.74, 6) is 0.802. The van der Waals surface area contributed by atoms with Crippen LogP contribution in [0.25, 0.3) is 22.0 Å². The molecule has 1 aromatic carbocycles. The average molecular weight is 348 g/mol. The number of rotatable bonds is 6. The van der Waals surface area contributed by atoms with E-state index in [4.69, 9.17) is 11.1 Å². The summed E-state index contributed by atoms with van der Waals surface area (Å²) in [6, 6.07) is 8.19. The minimum atomic E-state index is -0.0311. The Labute approximate surface area is 152 Å². The molecule has 0 saturated heterocycles. The highest BCUT2D eigenvalue weighted by atomic mass is 15.1. The number of nitrogens with two attached hydrogens (primary N) is 1. The van der Waals surface area contributed by atoms with E-state index in [0.717, 1.165) is 41.0 Å². The summed E-state index contributed by atoms with van der Waals surface area (Å²) in [5, 5.41) is 19.1. The first kappa shape index (κ1) is 16.7. The van der Waals surface area contributed by atoms with Gasteiger partial charge in [0.2, 0.25) is 0 Å². The van der Waals surface area contributed by atoms with Gasteiger partial charge in [0.1, 0.15) is 11.5 Å². The molecule has 4 rings (SSSR count). The van der Waals surface area contributed by atoms with Gasteiger partial charge in [0.25, 0.3) is 0 Å². The molecule has 0 radical (unpaired) electrons. The number of amidine groups is 1. The Bertz CT molecular complexity index is 923. The van der Waals surface area contributed by atoms with E-state index in [1.807, 2.05) is 30.6 Å². The minimum absolute atomic E-state index is 0.0311. The molecule has 2 heterocycles. The number of pyridine rings is 1. The first-order valence-electron chi connectivity index (χ1n) is 9.18. The van der Waals surface area contributed by atoms with Gasteiger partial charge >= 0.3 is 0 Å². The van der Waals surface area contributed by atoms with E-state index in [1.165, 1.54) is 31.2 Å². The van der Waals surface area contributed by atoms with Crippen LogP contribution in [0.15, 0.2) is 36.7 Å². The van der Waals surface area contributed by atoms with Crippen molar-refractivity contribution in [1.29, 1.82) is 5.41 Å². The summed E-state index contributed by atoms with van der Waals surface area (Å²) in [4.78, 5) is 4.41. The summed E-state index contributed by atoms with van der Waals surface area (Å²) in [6.07, 6.45) is 9.25. The van der Waals surface area contributed by atoms with E-state index in [0.29, 0.717) is 5.69 Å². The lowest BCUT2D eigenvalue weighted by Gasteiger charge is -2.11. The van der Waals surface area contributed by atoms with Crippen LogP contribution in [0.1, 0.15) is 36.9 Å². The largest absolute Gasteiger partial charge is 0.382 e. The monoisotopic (exact) mass is 348 g/mol. The van der Waals surface area contributed by atoms with E-state index < -0.39 is 0 Å². The number of hydrogen-bond acceptors (Lipinski definition) is 4. The van der Waals surface area contributed by atoms with Crippen LogP contribution in [-0.2, 0) is 6.54 Å².